The van der Waals surface area contributed by atoms with Crippen molar-refractivity contribution in [2.75, 3.05) is 20.1 Å². The fourth-order valence-electron chi connectivity index (χ4n) is 3.29. The van der Waals surface area contributed by atoms with Gasteiger partial charge in [-0.2, -0.15) is 0 Å². The van der Waals surface area contributed by atoms with E-state index in [9.17, 15) is 4.57 Å². The molecule has 0 aliphatic rings. The van der Waals surface area contributed by atoms with Gasteiger partial charge in [0.05, 0.1) is 5.41 Å². The molecule has 0 aromatic heterocycles. The second-order valence-corrected chi connectivity index (χ2v) is 7.27. The van der Waals surface area contributed by atoms with Crippen molar-refractivity contribution in [2.24, 2.45) is 0 Å². The molecular weight excluding hydrogens is 343 g/mol. The van der Waals surface area contributed by atoms with Gasteiger partial charge in [-0.05, 0) is 21.3 Å². The van der Waals surface area contributed by atoms with Crippen LogP contribution in [-0.4, -0.2) is 20.1 Å². The summed E-state index contributed by atoms with van der Waals surface area (Å²) in [6.07, 6.45) is 0.337. The first-order valence-corrected chi connectivity index (χ1v) is 9.87. The number of hydrogen-bond donors (Lipinski definition) is 0. The van der Waals surface area contributed by atoms with Crippen molar-refractivity contribution in [1.82, 2.24) is 0 Å². The van der Waals surface area contributed by atoms with E-state index >= 15 is 0 Å². The lowest BCUT2D eigenvalue weighted by Gasteiger charge is -2.31. The van der Waals surface area contributed by atoms with E-state index in [2.05, 4.69) is 36.4 Å². The molecule has 3 rings (SSSR count). The summed E-state index contributed by atoms with van der Waals surface area (Å²) >= 11 is 0. The lowest BCUT2D eigenvalue weighted by molar-refractivity contribution is 0.0570. The Morgan fingerprint density at radius 2 is 1.12 bits per heavy atom. The molecule has 0 spiro atoms. The predicted octanol–water partition coefficient (Wildman–Crippen LogP) is 5.38. The minimum Gasteiger partial charge on any atom is -0.354 e. The van der Waals surface area contributed by atoms with Crippen molar-refractivity contribution in [1.29, 1.82) is 0 Å². The van der Waals surface area contributed by atoms with E-state index in [0.717, 1.165) is 16.7 Å². The summed E-state index contributed by atoms with van der Waals surface area (Å²) in [6.45, 7) is 0.0175. The van der Waals surface area contributed by atoms with Crippen LogP contribution in [0, 0.1) is 0 Å². The Morgan fingerprint density at radius 3 is 1.46 bits per heavy atom. The number of ether oxygens (including phenoxy) is 1. The molecule has 0 amide bonds. The Labute approximate surface area is 155 Å². The first-order valence-electron chi connectivity index (χ1n) is 8.50. The maximum Gasteiger partial charge on any atom is 0.512 e. The molecule has 3 nitrogen and oxygen atoms in total. The van der Waals surface area contributed by atoms with E-state index < -0.39 is 13.4 Å². The van der Waals surface area contributed by atoms with Gasteiger partial charge in [0.2, 0.25) is 6.79 Å². The summed E-state index contributed by atoms with van der Waals surface area (Å²) in [7, 11) is -0.390. The van der Waals surface area contributed by atoms with Gasteiger partial charge in [-0.25, -0.2) is 0 Å². The first kappa shape index (κ1) is 18.5. The van der Waals surface area contributed by atoms with Crippen LogP contribution in [-0.2, 0) is 19.2 Å². The lowest BCUT2D eigenvalue weighted by atomic mass is 9.71. The Balaban J connectivity index is 2.19. The standard InChI is InChI=1S/C22H22O3P/c1-24-18-25-26(23)17-22(19-11-5-2-6-12-19,20-13-7-3-8-14-20)21-15-9-4-10-16-21/h2-16H,17-18H2,1H3/q+1. The molecule has 0 radical (unpaired) electrons. The van der Waals surface area contributed by atoms with Crippen LogP contribution in [0.1, 0.15) is 16.7 Å². The van der Waals surface area contributed by atoms with Crippen molar-refractivity contribution in [3.63, 3.8) is 0 Å². The quantitative estimate of drug-likeness (QED) is 0.305. The van der Waals surface area contributed by atoms with Crippen LogP contribution in [0.3, 0.4) is 0 Å². The third-order valence-electron chi connectivity index (χ3n) is 4.48. The molecule has 26 heavy (non-hydrogen) atoms. The number of methoxy groups -OCH3 is 1. The molecular formula is C22H22O3P+. The summed E-state index contributed by atoms with van der Waals surface area (Å²) in [5.41, 5.74) is 2.69. The van der Waals surface area contributed by atoms with Crippen LogP contribution in [0.15, 0.2) is 91.0 Å². The smallest absolute Gasteiger partial charge is 0.354 e. The summed E-state index contributed by atoms with van der Waals surface area (Å²) < 4.78 is 23.1. The van der Waals surface area contributed by atoms with E-state index in [1.54, 1.807) is 0 Å². The van der Waals surface area contributed by atoms with Crippen molar-refractivity contribution in [2.45, 2.75) is 5.41 Å². The summed E-state index contributed by atoms with van der Waals surface area (Å²) in [4.78, 5) is 0. The van der Waals surface area contributed by atoms with Crippen LogP contribution in [0.5, 0.6) is 0 Å². The number of rotatable bonds is 8. The largest absolute Gasteiger partial charge is 0.512 e. The minimum atomic E-state index is -1.92. The highest BCUT2D eigenvalue weighted by molar-refractivity contribution is 7.39. The molecule has 0 aliphatic carbocycles. The SMILES string of the molecule is COCO[P+](=O)CC(c1ccccc1)(c1ccccc1)c1ccccc1. The molecule has 0 saturated carbocycles. The Bertz CT molecular complexity index is 723. The topological polar surface area (TPSA) is 35.5 Å². The van der Waals surface area contributed by atoms with Crippen LogP contribution >= 0.6 is 8.03 Å². The molecule has 3 aromatic carbocycles. The van der Waals surface area contributed by atoms with Gasteiger partial charge in [-0.3, -0.25) is 0 Å². The fraction of sp³-hybridized carbons (Fsp3) is 0.182. The van der Waals surface area contributed by atoms with Gasteiger partial charge in [0.15, 0.2) is 6.16 Å². The maximum atomic E-state index is 12.8. The van der Waals surface area contributed by atoms with Crippen molar-refractivity contribution in [3.8, 4) is 0 Å². The van der Waals surface area contributed by atoms with E-state index in [4.69, 9.17) is 9.26 Å². The fourth-order valence-corrected chi connectivity index (χ4v) is 4.54. The molecule has 0 heterocycles. The first-order chi connectivity index (χ1) is 12.8. The zero-order valence-corrected chi connectivity index (χ0v) is 15.6. The highest BCUT2D eigenvalue weighted by Crippen LogP contribution is 2.45. The Morgan fingerprint density at radius 1 is 0.731 bits per heavy atom. The molecule has 132 valence electrons. The zero-order valence-electron chi connectivity index (χ0n) is 14.7. The van der Waals surface area contributed by atoms with E-state index in [-0.39, 0.29) is 6.79 Å². The van der Waals surface area contributed by atoms with Crippen molar-refractivity contribution in [3.05, 3.63) is 108 Å². The van der Waals surface area contributed by atoms with Crippen molar-refractivity contribution >= 4 is 8.03 Å². The Kier molecular flexibility index (Phi) is 6.30. The molecule has 1 unspecified atom stereocenters. The average molecular weight is 365 g/mol. The number of hydrogen-bond acceptors (Lipinski definition) is 3. The molecule has 0 fully saturated rings. The van der Waals surface area contributed by atoms with E-state index in [0.29, 0.717) is 6.16 Å². The molecule has 0 saturated heterocycles. The second-order valence-electron chi connectivity index (χ2n) is 6.03. The average Bonchev–Trinajstić information content (AvgIpc) is 2.72. The molecule has 0 aliphatic heterocycles. The van der Waals surface area contributed by atoms with E-state index in [1.807, 2.05) is 54.6 Å². The second kappa shape index (κ2) is 8.86. The highest BCUT2D eigenvalue weighted by atomic mass is 31.1. The van der Waals surface area contributed by atoms with Crippen LogP contribution in [0.4, 0.5) is 0 Å². The van der Waals surface area contributed by atoms with E-state index in [1.165, 1.54) is 7.11 Å². The maximum absolute atomic E-state index is 12.8. The van der Waals surface area contributed by atoms with Gasteiger partial charge in [-0.1, -0.05) is 91.0 Å². The molecule has 1 atom stereocenters. The zero-order chi connectivity index (χ0) is 18.2. The predicted molar refractivity (Wildman–Crippen MR) is 105 cm³/mol. The van der Waals surface area contributed by atoms with Gasteiger partial charge >= 0.3 is 8.03 Å². The molecule has 0 N–H and O–H groups in total. The lowest BCUT2D eigenvalue weighted by Crippen LogP contribution is -2.32. The molecule has 0 bridgehead atoms. The van der Waals surface area contributed by atoms with Gasteiger partial charge in [0.25, 0.3) is 0 Å². The summed E-state index contributed by atoms with van der Waals surface area (Å²) in [6, 6.07) is 30.5. The van der Waals surface area contributed by atoms with Crippen LogP contribution in [0.25, 0.3) is 0 Å². The molecule has 4 heteroatoms. The van der Waals surface area contributed by atoms with Gasteiger partial charge in [-0.15, -0.1) is 4.52 Å². The minimum absolute atomic E-state index is 0.0175. The highest BCUT2D eigenvalue weighted by Gasteiger charge is 2.44. The van der Waals surface area contributed by atoms with Crippen molar-refractivity contribution < 1.29 is 13.8 Å². The third kappa shape index (κ3) is 3.91. The normalized spacial score (nSPS) is 12.0. The van der Waals surface area contributed by atoms with Gasteiger partial charge < -0.3 is 4.74 Å². The summed E-state index contributed by atoms with van der Waals surface area (Å²) in [5, 5.41) is 0. The van der Waals surface area contributed by atoms with Gasteiger partial charge in [0, 0.05) is 7.11 Å². The third-order valence-corrected chi connectivity index (χ3v) is 5.61. The monoisotopic (exact) mass is 365 g/mol. The summed E-state index contributed by atoms with van der Waals surface area (Å²) in [5.74, 6) is 0. The van der Waals surface area contributed by atoms with Crippen LogP contribution < -0.4 is 0 Å². The Hall–Kier alpha value is -2.32. The molecule has 3 aromatic rings. The van der Waals surface area contributed by atoms with Crippen LogP contribution in [0.2, 0.25) is 0 Å². The van der Waals surface area contributed by atoms with Gasteiger partial charge in [0.1, 0.15) is 0 Å². The number of benzene rings is 3.